The van der Waals surface area contributed by atoms with Crippen LogP contribution < -0.4 is 4.74 Å². The summed E-state index contributed by atoms with van der Waals surface area (Å²) in [5.41, 5.74) is 3.52. The minimum atomic E-state index is -0.544. The Morgan fingerprint density at radius 1 is 0.839 bits per heavy atom. The SMILES string of the molecule is COc1ccc(CN2C(=O)c3ccc(C(=O)OCc4ccc(C)cc4)cc3C2=O)cc1. The van der Waals surface area contributed by atoms with E-state index in [0.29, 0.717) is 5.75 Å². The molecule has 3 aromatic carbocycles. The van der Waals surface area contributed by atoms with E-state index in [1.54, 1.807) is 31.4 Å². The maximum Gasteiger partial charge on any atom is 0.338 e. The third kappa shape index (κ3) is 4.19. The van der Waals surface area contributed by atoms with Gasteiger partial charge in [0.1, 0.15) is 12.4 Å². The predicted molar refractivity (Wildman–Crippen MR) is 114 cm³/mol. The lowest BCUT2D eigenvalue weighted by Gasteiger charge is -2.14. The molecule has 0 spiro atoms. The van der Waals surface area contributed by atoms with Gasteiger partial charge in [0, 0.05) is 0 Å². The zero-order chi connectivity index (χ0) is 22.0. The molecule has 2 amide bonds. The Labute approximate surface area is 180 Å². The van der Waals surface area contributed by atoms with Gasteiger partial charge in [0.2, 0.25) is 0 Å². The van der Waals surface area contributed by atoms with Gasteiger partial charge < -0.3 is 9.47 Å². The van der Waals surface area contributed by atoms with Gasteiger partial charge in [0.25, 0.3) is 11.8 Å². The highest BCUT2D eigenvalue weighted by atomic mass is 16.5. The number of aryl methyl sites for hydroxylation is 1. The van der Waals surface area contributed by atoms with Crippen LogP contribution in [0.15, 0.2) is 66.7 Å². The van der Waals surface area contributed by atoms with E-state index in [9.17, 15) is 14.4 Å². The second-order valence-electron chi connectivity index (χ2n) is 7.37. The Balaban J connectivity index is 1.47. The van der Waals surface area contributed by atoms with Crippen molar-refractivity contribution in [3.63, 3.8) is 0 Å². The molecular formula is C25H21NO5. The van der Waals surface area contributed by atoms with E-state index in [4.69, 9.17) is 9.47 Å². The zero-order valence-electron chi connectivity index (χ0n) is 17.3. The molecule has 0 saturated carbocycles. The lowest BCUT2D eigenvalue weighted by atomic mass is 10.1. The van der Waals surface area contributed by atoms with E-state index >= 15 is 0 Å². The number of ether oxygens (including phenoxy) is 2. The van der Waals surface area contributed by atoms with Crippen molar-refractivity contribution in [2.24, 2.45) is 0 Å². The molecule has 0 radical (unpaired) electrons. The van der Waals surface area contributed by atoms with Crippen LogP contribution in [0.4, 0.5) is 0 Å². The summed E-state index contributed by atoms with van der Waals surface area (Å²) in [6.45, 7) is 2.26. The first-order chi connectivity index (χ1) is 15.0. The topological polar surface area (TPSA) is 72.9 Å². The number of amides is 2. The van der Waals surface area contributed by atoms with Gasteiger partial charge in [-0.2, -0.15) is 0 Å². The van der Waals surface area contributed by atoms with Crippen LogP contribution in [0.3, 0.4) is 0 Å². The van der Waals surface area contributed by atoms with Crippen molar-refractivity contribution in [1.82, 2.24) is 4.90 Å². The van der Waals surface area contributed by atoms with Crippen LogP contribution in [0.1, 0.15) is 47.8 Å². The molecule has 1 aliphatic heterocycles. The number of rotatable bonds is 6. The van der Waals surface area contributed by atoms with Crippen LogP contribution in [-0.2, 0) is 17.9 Å². The third-order valence-corrected chi connectivity index (χ3v) is 5.20. The molecule has 6 nitrogen and oxygen atoms in total. The van der Waals surface area contributed by atoms with E-state index in [1.165, 1.54) is 23.1 Å². The monoisotopic (exact) mass is 415 g/mol. The van der Waals surface area contributed by atoms with Gasteiger partial charge >= 0.3 is 5.97 Å². The van der Waals surface area contributed by atoms with Gasteiger partial charge in [0.15, 0.2) is 0 Å². The summed E-state index contributed by atoms with van der Waals surface area (Å²) in [7, 11) is 1.57. The first-order valence-corrected chi connectivity index (χ1v) is 9.82. The number of methoxy groups -OCH3 is 1. The molecule has 1 heterocycles. The summed E-state index contributed by atoms with van der Waals surface area (Å²) >= 11 is 0. The maximum atomic E-state index is 12.8. The normalized spacial score (nSPS) is 12.6. The number of carbonyl (C=O) groups is 3. The maximum absolute atomic E-state index is 12.8. The highest BCUT2D eigenvalue weighted by Crippen LogP contribution is 2.26. The molecule has 0 fully saturated rings. The average molecular weight is 415 g/mol. The Morgan fingerprint density at radius 3 is 2.16 bits per heavy atom. The molecule has 0 aliphatic carbocycles. The molecule has 156 valence electrons. The quantitative estimate of drug-likeness (QED) is 0.447. The predicted octanol–water partition coefficient (Wildman–Crippen LogP) is 4.16. The lowest BCUT2D eigenvalue weighted by molar-refractivity contribution is 0.0472. The summed E-state index contributed by atoms with van der Waals surface area (Å²) in [5.74, 6) is -0.656. The number of imide groups is 1. The average Bonchev–Trinajstić information content (AvgIpc) is 3.03. The molecule has 0 saturated heterocycles. The van der Waals surface area contributed by atoms with Crippen molar-refractivity contribution in [2.45, 2.75) is 20.1 Å². The number of fused-ring (bicyclic) bond motifs is 1. The molecule has 0 unspecified atom stereocenters. The fourth-order valence-electron chi connectivity index (χ4n) is 3.39. The Hall–Kier alpha value is -3.93. The number of hydrogen-bond acceptors (Lipinski definition) is 5. The van der Waals surface area contributed by atoms with Crippen molar-refractivity contribution >= 4 is 17.8 Å². The summed E-state index contributed by atoms with van der Waals surface area (Å²) in [4.78, 5) is 39.2. The second-order valence-corrected chi connectivity index (χ2v) is 7.37. The molecule has 0 aromatic heterocycles. The van der Waals surface area contributed by atoms with Crippen LogP contribution in [0.2, 0.25) is 0 Å². The van der Waals surface area contributed by atoms with Crippen LogP contribution in [0.5, 0.6) is 5.75 Å². The Kier molecular flexibility index (Phi) is 5.54. The fourth-order valence-corrected chi connectivity index (χ4v) is 3.39. The van der Waals surface area contributed by atoms with E-state index in [2.05, 4.69) is 0 Å². The highest BCUT2D eigenvalue weighted by molar-refractivity contribution is 6.21. The number of esters is 1. The molecular weight excluding hydrogens is 394 g/mol. The standard InChI is InChI=1S/C25H21NO5/c1-16-3-5-18(6-4-16)15-31-25(29)19-9-12-21-22(13-19)24(28)26(23(21)27)14-17-7-10-20(30-2)11-8-17/h3-13H,14-15H2,1-2H3. The van der Waals surface area contributed by atoms with E-state index < -0.39 is 11.9 Å². The van der Waals surface area contributed by atoms with Crippen LogP contribution in [0.25, 0.3) is 0 Å². The molecule has 3 aromatic rings. The first kappa shape index (κ1) is 20.3. The van der Waals surface area contributed by atoms with Crippen molar-refractivity contribution in [3.05, 3.63) is 100 Å². The van der Waals surface area contributed by atoms with Gasteiger partial charge in [0.05, 0.1) is 30.3 Å². The van der Waals surface area contributed by atoms with Crippen molar-refractivity contribution in [3.8, 4) is 5.75 Å². The molecule has 4 rings (SSSR count). The summed E-state index contributed by atoms with van der Waals surface area (Å²) in [6.07, 6.45) is 0. The number of hydrogen-bond donors (Lipinski definition) is 0. The minimum Gasteiger partial charge on any atom is -0.497 e. The van der Waals surface area contributed by atoms with Gasteiger partial charge in [-0.1, -0.05) is 42.0 Å². The van der Waals surface area contributed by atoms with Gasteiger partial charge in [-0.25, -0.2) is 4.79 Å². The van der Waals surface area contributed by atoms with E-state index in [1.807, 2.05) is 31.2 Å². The van der Waals surface area contributed by atoms with Crippen LogP contribution in [-0.4, -0.2) is 29.8 Å². The smallest absolute Gasteiger partial charge is 0.338 e. The summed E-state index contributed by atoms with van der Waals surface area (Å²) in [5, 5.41) is 0. The molecule has 0 atom stereocenters. The Morgan fingerprint density at radius 2 is 1.48 bits per heavy atom. The largest absolute Gasteiger partial charge is 0.497 e. The van der Waals surface area contributed by atoms with Crippen molar-refractivity contribution < 1.29 is 23.9 Å². The Bertz CT molecular complexity index is 1150. The van der Waals surface area contributed by atoms with E-state index in [-0.39, 0.29) is 35.7 Å². The van der Waals surface area contributed by atoms with Gasteiger partial charge in [-0.3, -0.25) is 14.5 Å². The van der Waals surface area contributed by atoms with Crippen LogP contribution in [0, 0.1) is 6.92 Å². The summed E-state index contributed by atoms with van der Waals surface area (Å²) in [6, 6.07) is 19.3. The van der Waals surface area contributed by atoms with Gasteiger partial charge in [-0.05, 0) is 48.4 Å². The molecule has 0 N–H and O–H groups in total. The third-order valence-electron chi connectivity index (χ3n) is 5.20. The molecule has 31 heavy (non-hydrogen) atoms. The highest BCUT2D eigenvalue weighted by Gasteiger charge is 2.36. The number of carbonyl (C=O) groups excluding carboxylic acids is 3. The second kappa shape index (κ2) is 8.44. The van der Waals surface area contributed by atoms with Crippen molar-refractivity contribution in [1.29, 1.82) is 0 Å². The molecule has 6 heteroatoms. The number of benzene rings is 3. The zero-order valence-corrected chi connectivity index (χ0v) is 17.3. The van der Waals surface area contributed by atoms with Crippen molar-refractivity contribution in [2.75, 3.05) is 7.11 Å². The summed E-state index contributed by atoms with van der Waals surface area (Å²) < 4.78 is 10.5. The fraction of sp³-hybridized carbons (Fsp3) is 0.160. The van der Waals surface area contributed by atoms with Gasteiger partial charge in [-0.15, -0.1) is 0 Å². The van der Waals surface area contributed by atoms with E-state index in [0.717, 1.165) is 16.7 Å². The first-order valence-electron chi connectivity index (χ1n) is 9.82. The minimum absolute atomic E-state index is 0.132. The lowest BCUT2D eigenvalue weighted by Crippen LogP contribution is -2.29. The molecule has 1 aliphatic rings. The number of nitrogens with zero attached hydrogens (tertiary/aromatic N) is 1. The molecule has 0 bridgehead atoms. The van der Waals surface area contributed by atoms with Crippen LogP contribution >= 0.6 is 0 Å².